The molecule has 8 nitrogen and oxygen atoms in total. The Labute approximate surface area is 400 Å². The summed E-state index contributed by atoms with van der Waals surface area (Å²) in [6.07, 6.45) is -25.3. The lowest BCUT2D eigenvalue weighted by Gasteiger charge is -2.31. The van der Waals surface area contributed by atoms with E-state index in [1.807, 2.05) is 0 Å². The van der Waals surface area contributed by atoms with Gasteiger partial charge in [-0.05, 0) is 71.2 Å². The van der Waals surface area contributed by atoms with Crippen molar-refractivity contribution in [3.05, 3.63) is 140 Å². The van der Waals surface area contributed by atoms with Gasteiger partial charge in [0.1, 0.15) is 0 Å². The molecule has 3 N–H and O–H groups in total. The number of hydrogen-bond donors (Lipinski definition) is 2. The minimum atomic E-state index is -6.21. The molecule has 0 radical (unpaired) electrons. The van der Waals surface area contributed by atoms with Crippen molar-refractivity contribution in [2.45, 2.75) is 131 Å². The first kappa shape index (κ1) is 62.8. The minimum Gasteiger partial charge on any atom is -0.394 e. The molecule has 0 heterocycles. The fourth-order valence-corrected chi connectivity index (χ4v) is 6.88. The molecule has 1 amide bonds. The van der Waals surface area contributed by atoms with Crippen LogP contribution in [0.4, 0.5) is 61.5 Å². The third kappa shape index (κ3) is 15.6. The number of nitrogens with one attached hydrogen (secondary N) is 1. The molecule has 0 spiro atoms. The Morgan fingerprint density at radius 3 is 1.07 bits per heavy atom. The summed E-state index contributed by atoms with van der Waals surface area (Å²) < 4.78 is 190. The Morgan fingerprint density at radius 1 is 0.521 bits per heavy atom. The summed E-state index contributed by atoms with van der Waals surface area (Å²) in [4.78, 5) is 55.9. The maximum atomic E-state index is 14.5. The van der Waals surface area contributed by atoms with Crippen molar-refractivity contribution in [1.29, 1.82) is 0 Å². The van der Waals surface area contributed by atoms with Crippen molar-refractivity contribution in [2.75, 3.05) is 0 Å². The van der Waals surface area contributed by atoms with E-state index < -0.39 is 64.9 Å². The second-order valence-electron chi connectivity index (χ2n) is 15.7. The Balaban J connectivity index is 0.000000619. The summed E-state index contributed by atoms with van der Waals surface area (Å²) in [5.74, 6) is -2.14. The van der Waals surface area contributed by atoms with Crippen LogP contribution in [-0.4, -0.2) is 54.1 Å². The van der Waals surface area contributed by atoms with E-state index in [1.54, 1.807) is 36.4 Å². The van der Waals surface area contributed by atoms with E-state index in [2.05, 4.69) is 10.1 Å². The first-order valence-electron chi connectivity index (χ1n) is 20.8. The number of hydrogen-bond acceptors (Lipinski definition) is 7. The van der Waals surface area contributed by atoms with E-state index in [0.717, 1.165) is 11.1 Å². The lowest BCUT2D eigenvalue weighted by Crippen LogP contribution is -2.50. The van der Waals surface area contributed by atoms with Gasteiger partial charge in [-0.3, -0.25) is 24.0 Å². The fourth-order valence-electron chi connectivity index (χ4n) is 6.88. The molecule has 0 saturated carbocycles. The largest absolute Gasteiger partial charge is 0.435 e. The Morgan fingerprint density at radius 2 is 0.831 bits per heavy atom. The van der Waals surface area contributed by atoms with Crippen LogP contribution in [0.2, 0.25) is 0 Å². The second-order valence-corrected chi connectivity index (χ2v) is 15.7. The van der Waals surface area contributed by atoms with E-state index in [9.17, 15) is 85.4 Å². The van der Waals surface area contributed by atoms with Gasteiger partial charge in [0, 0.05) is 69.0 Å². The molecule has 0 aliphatic carbocycles. The average molecular weight is 1030 g/mol. The number of esters is 2. The van der Waals surface area contributed by atoms with Crippen molar-refractivity contribution < 1.29 is 90.2 Å². The Hall–Kier alpha value is -6.19. The maximum Gasteiger partial charge on any atom is 0.435 e. The Kier molecular flexibility index (Phi) is 21.9. The molecule has 0 bridgehead atoms. The molecule has 0 unspecified atom stereocenters. The molecule has 0 aliphatic heterocycles. The number of ketones is 2. The predicted octanol–water partition coefficient (Wildman–Crippen LogP) is 12.4. The van der Waals surface area contributed by atoms with Gasteiger partial charge in [0.05, 0.1) is 0 Å². The molecule has 0 aromatic heterocycles. The van der Waals surface area contributed by atoms with E-state index in [0.29, 0.717) is 29.8 Å². The van der Waals surface area contributed by atoms with Gasteiger partial charge in [-0.15, -0.1) is 0 Å². The standard InChI is InChI=1S/C23H22F7NO2.C21H20F7NO.C4H6O3.CH4/c1-4-16-10-18(21(24,22(25,26)27)23(28,29)30)9-13(2)19(16)11-20(33)17-7-5-15(6-8-17)12-31-14(3)32;1-3-14-9-16(19(22,20(23,24)25)21(26,27)28)8-12(2)17(14)10-18(30)15-6-4-13(11-29)5-7-15;1-3(5)7-4(2)6;/h5-10H,4,11-12H2,1-3H3,(H,31,32);4-9H,3,10-11,29H2,1-2H3;1-2H3;1H4. The summed E-state index contributed by atoms with van der Waals surface area (Å²) in [5, 5.41) is 2.60. The van der Waals surface area contributed by atoms with Crippen LogP contribution in [0.5, 0.6) is 0 Å². The highest BCUT2D eigenvalue weighted by molar-refractivity contribution is 5.98. The summed E-state index contributed by atoms with van der Waals surface area (Å²) in [6.45, 7) is 9.75. The molecule has 4 rings (SSSR count). The highest BCUT2D eigenvalue weighted by Gasteiger charge is 2.74. The van der Waals surface area contributed by atoms with Crippen LogP contribution in [0.1, 0.15) is 118 Å². The number of ether oxygens (including phenoxy) is 1. The summed E-state index contributed by atoms with van der Waals surface area (Å²) >= 11 is 0. The molecule has 71 heavy (non-hydrogen) atoms. The third-order valence-corrected chi connectivity index (χ3v) is 10.5. The molecule has 22 heteroatoms. The van der Waals surface area contributed by atoms with Crippen LogP contribution in [0.15, 0.2) is 72.8 Å². The second kappa shape index (κ2) is 24.8. The molecule has 4 aromatic carbocycles. The van der Waals surface area contributed by atoms with E-state index >= 15 is 0 Å². The van der Waals surface area contributed by atoms with Crippen molar-refractivity contribution in [1.82, 2.24) is 5.32 Å². The third-order valence-electron chi connectivity index (χ3n) is 10.5. The van der Waals surface area contributed by atoms with Gasteiger partial charge < -0.3 is 15.8 Å². The van der Waals surface area contributed by atoms with Gasteiger partial charge in [0.15, 0.2) is 11.6 Å². The Bertz CT molecular complexity index is 2460. The first-order valence-corrected chi connectivity index (χ1v) is 20.8. The van der Waals surface area contributed by atoms with Crippen LogP contribution >= 0.6 is 0 Å². The zero-order valence-corrected chi connectivity index (χ0v) is 38.5. The van der Waals surface area contributed by atoms with Gasteiger partial charge in [-0.1, -0.05) is 94.1 Å². The fraction of sp³-hybridized carbons (Fsp3) is 0.408. The van der Waals surface area contributed by atoms with Crippen LogP contribution in [0.3, 0.4) is 0 Å². The monoisotopic (exact) mass is 1030 g/mol. The highest BCUT2D eigenvalue weighted by atomic mass is 19.4. The zero-order chi connectivity index (χ0) is 54.0. The summed E-state index contributed by atoms with van der Waals surface area (Å²) in [5.41, 5.74) is -5.99. The number of halogens is 14. The smallest absolute Gasteiger partial charge is 0.394 e. The van der Waals surface area contributed by atoms with Gasteiger partial charge in [0.25, 0.3) is 0 Å². The quantitative estimate of drug-likeness (QED) is 0.0590. The highest BCUT2D eigenvalue weighted by Crippen LogP contribution is 2.55. The SMILES string of the molecule is C.CC(=O)OC(C)=O.CCc1cc(C(F)(C(F)(F)F)C(F)(F)F)cc(C)c1CC(=O)c1ccc(CN)cc1.CCc1cc(C(F)(C(F)(F)F)C(F)(F)F)cc(C)c1CC(=O)c1ccc(CNC(C)=O)cc1. The maximum absolute atomic E-state index is 14.5. The normalized spacial score (nSPS) is 12.0. The first-order chi connectivity index (χ1) is 32.0. The predicted molar refractivity (Wildman–Crippen MR) is 234 cm³/mol. The lowest BCUT2D eigenvalue weighted by molar-refractivity contribution is -0.349. The lowest BCUT2D eigenvalue weighted by atomic mass is 9.86. The molecule has 392 valence electrons. The van der Waals surface area contributed by atoms with Gasteiger partial charge >= 0.3 is 48.0 Å². The number of Topliss-reactive ketones (excluding diaryl/α,β-unsaturated/α-hetero) is 2. The molecule has 0 atom stereocenters. The van der Waals surface area contributed by atoms with E-state index in [4.69, 9.17) is 5.73 Å². The van der Waals surface area contributed by atoms with Crippen molar-refractivity contribution in [3.63, 3.8) is 0 Å². The molecule has 0 fully saturated rings. The number of amides is 1. The van der Waals surface area contributed by atoms with Crippen LogP contribution < -0.4 is 11.1 Å². The molecule has 0 aliphatic rings. The summed E-state index contributed by atoms with van der Waals surface area (Å²) in [7, 11) is 0. The van der Waals surface area contributed by atoms with Crippen LogP contribution in [0.25, 0.3) is 0 Å². The average Bonchev–Trinajstić information content (AvgIpc) is 3.24. The number of carbonyl (C=O) groups is 5. The minimum absolute atomic E-state index is 0. The van der Waals surface area contributed by atoms with Crippen molar-refractivity contribution >= 4 is 29.4 Å². The van der Waals surface area contributed by atoms with E-state index in [1.165, 1.54) is 60.6 Å². The number of carbonyl (C=O) groups excluding carboxylic acids is 5. The van der Waals surface area contributed by atoms with Crippen molar-refractivity contribution in [2.24, 2.45) is 5.73 Å². The molecular formula is C49H52F14N2O6. The number of benzene rings is 4. The van der Waals surface area contributed by atoms with Crippen LogP contribution in [0, 0.1) is 13.8 Å². The molecule has 4 aromatic rings. The summed E-state index contributed by atoms with van der Waals surface area (Å²) in [6, 6.07) is 14.7. The molecule has 0 saturated heterocycles. The number of alkyl halides is 14. The molecular weight excluding hydrogens is 979 g/mol. The van der Waals surface area contributed by atoms with Gasteiger partial charge in [-0.2, -0.15) is 52.7 Å². The van der Waals surface area contributed by atoms with Crippen molar-refractivity contribution in [3.8, 4) is 0 Å². The van der Waals surface area contributed by atoms with Gasteiger partial charge in [-0.25, -0.2) is 8.78 Å². The number of nitrogens with two attached hydrogens (primary N) is 1. The van der Waals surface area contributed by atoms with Crippen LogP contribution in [-0.2, 0) is 69.2 Å². The van der Waals surface area contributed by atoms with E-state index in [-0.39, 0.29) is 96.8 Å². The zero-order valence-electron chi connectivity index (χ0n) is 38.5. The number of rotatable bonds is 13. The topological polar surface area (TPSA) is 133 Å². The number of aryl methyl sites for hydroxylation is 4. The van der Waals surface area contributed by atoms with Gasteiger partial charge in [0.2, 0.25) is 5.91 Å².